The zero-order valence-electron chi connectivity index (χ0n) is 28.1. The second kappa shape index (κ2) is 18.7. The molecule has 0 saturated carbocycles. The predicted octanol–water partition coefficient (Wildman–Crippen LogP) is 8.74. The Morgan fingerprint density at radius 3 is 1.78 bits per heavy atom. The van der Waals surface area contributed by atoms with Crippen LogP contribution < -0.4 is 4.74 Å². The molecule has 1 heterocycles. The van der Waals surface area contributed by atoms with Gasteiger partial charge in [-0.2, -0.15) is 8.78 Å². The molecule has 3 rings (SSSR count). The number of nitro groups is 1. The SMILES string of the molecule is CCCN(CCC)C(=O)OCOP(=O)(OCOC(=O)N(CCC)CCC)C(F)(F)c1ccc2sc(C(=O)Oc3ccc([N+](=O)[O-])cc3)cc2c1. The number of esters is 1. The minimum atomic E-state index is -5.59. The standard InChI is InChI=1S/C32H40F2N3O11PS/c1-5-15-35(16-6-2)30(39)44-21-46-49(43,47-22-45-31(40)36(17-7-3)18-8-4)32(33,34)24-9-14-27-23(19-24)20-28(50-27)29(38)48-26-12-10-25(11-13-26)37(41)42/h9-14,19-20H,5-8,15-18,21-22H2,1-4H3. The highest BCUT2D eigenvalue weighted by Gasteiger charge is 2.56. The molecule has 14 nitrogen and oxygen atoms in total. The smallest absolute Gasteiger partial charge is 0.411 e. The molecule has 0 bridgehead atoms. The number of non-ortho nitro benzene ring substituents is 1. The van der Waals surface area contributed by atoms with Crippen molar-refractivity contribution in [2.45, 2.75) is 59.0 Å². The molecule has 2 amide bonds. The maximum Gasteiger partial charge on any atom is 0.411 e. The third-order valence-corrected chi connectivity index (χ3v) is 9.90. The van der Waals surface area contributed by atoms with Gasteiger partial charge in [-0.3, -0.25) is 23.7 Å². The molecule has 0 aliphatic carbocycles. The summed E-state index contributed by atoms with van der Waals surface area (Å²) in [5.41, 5.74) is -5.39. The number of hydrogen-bond donors (Lipinski definition) is 0. The minimum absolute atomic E-state index is 0.0285. The van der Waals surface area contributed by atoms with Crippen LogP contribution in [0, 0.1) is 10.1 Å². The van der Waals surface area contributed by atoms with Gasteiger partial charge in [0.2, 0.25) is 13.6 Å². The Kier molecular flexibility index (Phi) is 15.1. The summed E-state index contributed by atoms with van der Waals surface area (Å²) in [5.74, 6) is -0.809. The largest absolute Gasteiger partial charge is 0.422 e. The van der Waals surface area contributed by atoms with Crippen LogP contribution in [0.1, 0.15) is 68.6 Å². The maximum atomic E-state index is 16.2. The first-order chi connectivity index (χ1) is 23.8. The van der Waals surface area contributed by atoms with E-state index in [0.717, 1.165) is 35.6 Å². The summed E-state index contributed by atoms with van der Waals surface area (Å²) in [5, 5.41) is 11.0. The summed E-state index contributed by atoms with van der Waals surface area (Å²) in [6, 6.07) is 9.31. The Morgan fingerprint density at radius 1 is 0.820 bits per heavy atom. The summed E-state index contributed by atoms with van der Waals surface area (Å²) in [6.45, 7) is 6.40. The van der Waals surface area contributed by atoms with Crippen molar-refractivity contribution in [3.05, 3.63) is 69.1 Å². The van der Waals surface area contributed by atoms with Gasteiger partial charge in [0.15, 0.2) is 0 Å². The molecule has 3 aromatic rings. The third-order valence-electron chi connectivity index (χ3n) is 6.97. The van der Waals surface area contributed by atoms with E-state index in [0.29, 0.717) is 56.6 Å². The molecule has 0 aliphatic rings. The molecule has 18 heteroatoms. The van der Waals surface area contributed by atoms with Crippen LogP contribution >= 0.6 is 18.9 Å². The van der Waals surface area contributed by atoms with E-state index in [1.165, 1.54) is 34.1 Å². The quantitative estimate of drug-likeness (QED) is 0.0288. The van der Waals surface area contributed by atoms with Crippen LogP contribution in [0.3, 0.4) is 0 Å². The van der Waals surface area contributed by atoms with E-state index in [1.807, 2.05) is 27.7 Å². The van der Waals surface area contributed by atoms with Crippen molar-refractivity contribution in [2.75, 3.05) is 39.8 Å². The van der Waals surface area contributed by atoms with Gasteiger partial charge in [0, 0.05) is 48.6 Å². The number of nitrogens with zero attached hydrogens (tertiary/aromatic N) is 3. The number of fused-ring (bicyclic) bond motifs is 1. The number of ether oxygens (including phenoxy) is 3. The van der Waals surface area contributed by atoms with Gasteiger partial charge in [-0.15, -0.1) is 11.3 Å². The van der Waals surface area contributed by atoms with E-state index >= 15 is 8.78 Å². The van der Waals surface area contributed by atoms with Crippen LogP contribution in [-0.4, -0.2) is 72.6 Å². The predicted molar refractivity (Wildman–Crippen MR) is 181 cm³/mol. The van der Waals surface area contributed by atoms with Crippen LogP contribution in [0.25, 0.3) is 10.1 Å². The molecule has 2 aromatic carbocycles. The zero-order chi connectivity index (χ0) is 36.9. The summed E-state index contributed by atoms with van der Waals surface area (Å²) in [4.78, 5) is 50.9. The van der Waals surface area contributed by atoms with Crippen LogP contribution in [0.15, 0.2) is 48.5 Å². The molecule has 1 aromatic heterocycles. The zero-order valence-corrected chi connectivity index (χ0v) is 29.8. The highest BCUT2D eigenvalue weighted by molar-refractivity contribution is 7.54. The molecule has 0 aliphatic heterocycles. The molecule has 0 saturated heterocycles. The van der Waals surface area contributed by atoms with E-state index in [9.17, 15) is 29.1 Å². The topological polar surface area (TPSA) is 164 Å². The lowest BCUT2D eigenvalue weighted by Gasteiger charge is -2.27. The Bertz CT molecular complexity index is 1620. The number of nitro benzene ring substituents is 1. The first-order valence-electron chi connectivity index (χ1n) is 15.9. The molecular weight excluding hydrogens is 703 g/mol. The van der Waals surface area contributed by atoms with Gasteiger partial charge >= 0.3 is 31.4 Å². The summed E-state index contributed by atoms with van der Waals surface area (Å²) < 4.78 is 71.9. The third kappa shape index (κ3) is 10.4. The van der Waals surface area contributed by atoms with Gasteiger partial charge in [-0.25, -0.2) is 14.4 Å². The molecule has 0 N–H and O–H groups in total. The van der Waals surface area contributed by atoms with E-state index in [-0.39, 0.29) is 21.7 Å². The maximum absolute atomic E-state index is 16.2. The molecule has 0 atom stereocenters. The van der Waals surface area contributed by atoms with Crippen LogP contribution in [0.2, 0.25) is 0 Å². The lowest BCUT2D eigenvalue weighted by molar-refractivity contribution is -0.384. The van der Waals surface area contributed by atoms with E-state index < -0.39 is 55.5 Å². The average Bonchev–Trinajstić information content (AvgIpc) is 3.52. The van der Waals surface area contributed by atoms with E-state index in [2.05, 4.69) is 0 Å². The Balaban J connectivity index is 1.85. The fourth-order valence-electron chi connectivity index (χ4n) is 4.63. The molecule has 0 unspecified atom stereocenters. The van der Waals surface area contributed by atoms with Crippen LogP contribution in [0.5, 0.6) is 5.75 Å². The van der Waals surface area contributed by atoms with Gasteiger partial charge in [-0.05, 0) is 61.4 Å². The fourth-order valence-corrected chi connectivity index (χ4v) is 6.78. The lowest BCUT2D eigenvalue weighted by Crippen LogP contribution is -2.34. The van der Waals surface area contributed by atoms with Crippen molar-refractivity contribution in [1.82, 2.24) is 9.80 Å². The molecule has 0 radical (unpaired) electrons. The van der Waals surface area contributed by atoms with Gasteiger partial charge in [0.1, 0.15) is 10.6 Å². The summed E-state index contributed by atoms with van der Waals surface area (Å²) in [7, 11) is -5.59. The molecule has 0 spiro atoms. The molecule has 50 heavy (non-hydrogen) atoms. The molecule has 274 valence electrons. The number of amides is 2. The highest BCUT2D eigenvalue weighted by Crippen LogP contribution is 2.67. The van der Waals surface area contributed by atoms with E-state index in [1.54, 1.807) is 0 Å². The monoisotopic (exact) mass is 743 g/mol. The number of rotatable bonds is 19. The van der Waals surface area contributed by atoms with Gasteiger partial charge in [0.25, 0.3) is 5.69 Å². The highest BCUT2D eigenvalue weighted by atomic mass is 32.1. The number of thiophene rings is 1. The first-order valence-corrected chi connectivity index (χ1v) is 18.3. The number of alkyl halides is 2. The van der Waals surface area contributed by atoms with Crippen LogP contribution in [-0.2, 0) is 28.7 Å². The summed E-state index contributed by atoms with van der Waals surface area (Å²) >= 11 is 0.931. The lowest BCUT2D eigenvalue weighted by atomic mass is 10.1. The Labute approximate surface area is 291 Å². The van der Waals surface area contributed by atoms with Gasteiger partial charge in [0.05, 0.1) is 4.92 Å². The molecule has 0 fully saturated rings. The normalized spacial score (nSPS) is 11.6. The number of carbonyl (C=O) groups is 3. The number of halogens is 2. The molecular formula is C32H40F2N3O11PS. The van der Waals surface area contributed by atoms with Crippen molar-refractivity contribution in [1.29, 1.82) is 0 Å². The second-order valence-corrected chi connectivity index (χ2v) is 14.0. The van der Waals surface area contributed by atoms with Gasteiger partial charge in [-0.1, -0.05) is 33.8 Å². The van der Waals surface area contributed by atoms with Crippen molar-refractivity contribution in [3.8, 4) is 5.75 Å². The number of hydrogen-bond acceptors (Lipinski definition) is 12. The number of benzene rings is 2. The van der Waals surface area contributed by atoms with E-state index in [4.69, 9.17) is 23.3 Å². The second-order valence-electron chi connectivity index (χ2n) is 10.8. The van der Waals surface area contributed by atoms with Crippen molar-refractivity contribution < 1.29 is 55.9 Å². The fraction of sp³-hybridized carbons (Fsp3) is 0.469. The van der Waals surface area contributed by atoms with Gasteiger partial charge < -0.3 is 24.0 Å². The van der Waals surface area contributed by atoms with Crippen molar-refractivity contribution in [3.63, 3.8) is 0 Å². The summed E-state index contributed by atoms with van der Waals surface area (Å²) in [6.07, 6.45) is 0.700. The minimum Gasteiger partial charge on any atom is -0.422 e. The Morgan fingerprint density at radius 2 is 1.32 bits per heavy atom. The van der Waals surface area contributed by atoms with Crippen molar-refractivity contribution >= 4 is 52.9 Å². The van der Waals surface area contributed by atoms with Crippen LogP contribution in [0.4, 0.5) is 24.1 Å². The first kappa shape index (κ1) is 40.3. The van der Waals surface area contributed by atoms with Crippen molar-refractivity contribution in [2.24, 2.45) is 0 Å². The average molecular weight is 744 g/mol. The Hall–Kier alpha value is -4.18. The number of carbonyl (C=O) groups excluding carboxylic acids is 3.